The van der Waals surface area contributed by atoms with Crippen molar-refractivity contribution in [1.29, 1.82) is 0 Å². The van der Waals surface area contributed by atoms with E-state index in [1.165, 1.54) is 5.56 Å². The average molecular weight is 238 g/mol. The molecule has 1 heterocycles. The summed E-state index contributed by atoms with van der Waals surface area (Å²) in [6.45, 7) is 0.312. The molecule has 0 saturated carbocycles. The number of hydrogen-bond acceptors (Lipinski definition) is 2. The molecule has 0 fully saturated rings. The highest BCUT2D eigenvalue weighted by Crippen LogP contribution is 2.28. The highest BCUT2D eigenvalue weighted by molar-refractivity contribution is 5.63. The fourth-order valence-electron chi connectivity index (χ4n) is 2.05. The highest BCUT2D eigenvalue weighted by atomic mass is 16.7. The van der Waals surface area contributed by atoms with Crippen molar-refractivity contribution in [2.75, 3.05) is 6.79 Å². The van der Waals surface area contributed by atoms with Gasteiger partial charge >= 0.3 is 0 Å². The van der Waals surface area contributed by atoms with Crippen molar-refractivity contribution in [2.45, 2.75) is 6.42 Å². The summed E-state index contributed by atoms with van der Waals surface area (Å²) in [5.41, 5.74) is 2.30. The first-order valence-corrected chi connectivity index (χ1v) is 6.01. The Morgan fingerprint density at radius 2 is 1.44 bits per heavy atom. The van der Waals surface area contributed by atoms with Crippen molar-refractivity contribution < 1.29 is 9.47 Å². The van der Waals surface area contributed by atoms with E-state index in [9.17, 15) is 0 Å². The molecule has 0 amide bonds. The van der Waals surface area contributed by atoms with Gasteiger partial charge < -0.3 is 9.47 Å². The molecule has 1 aliphatic rings. The first kappa shape index (κ1) is 10.9. The van der Waals surface area contributed by atoms with E-state index in [1.54, 1.807) is 0 Å². The van der Waals surface area contributed by atoms with E-state index in [1.807, 2.05) is 48.5 Å². The highest BCUT2D eigenvalue weighted by Gasteiger charge is 2.19. The second kappa shape index (κ2) is 4.96. The van der Waals surface area contributed by atoms with Gasteiger partial charge in [0, 0.05) is 12.0 Å². The molecule has 0 radical (unpaired) electrons. The van der Waals surface area contributed by atoms with Crippen LogP contribution < -0.4 is 0 Å². The summed E-state index contributed by atoms with van der Waals surface area (Å²) in [5.74, 6) is 1.77. The second-order valence-electron chi connectivity index (χ2n) is 4.19. The van der Waals surface area contributed by atoms with E-state index in [2.05, 4.69) is 12.1 Å². The molecule has 0 atom stereocenters. The Hall–Kier alpha value is -2.22. The van der Waals surface area contributed by atoms with E-state index in [0.29, 0.717) is 6.79 Å². The number of benzene rings is 2. The molecule has 0 aliphatic carbocycles. The van der Waals surface area contributed by atoms with Crippen molar-refractivity contribution in [3.63, 3.8) is 0 Å². The van der Waals surface area contributed by atoms with E-state index in [0.717, 1.165) is 23.5 Å². The predicted octanol–water partition coefficient (Wildman–Crippen LogP) is 3.60. The van der Waals surface area contributed by atoms with Crippen LogP contribution in [0.15, 0.2) is 66.4 Å². The van der Waals surface area contributed by atoms with E-state index in [-0.39, 0.29) is 0 Å². The minimum absolute atomic E-state index is 0.312. The Morgan fingerprint density at radius 3 is 2.17 bits per heavy atom. The predicted molar refractivity (Wildman–Crippen MR) is 70.5 cm³/mol. The summed E-state index contributed by atoms with van der Waals surface area (Å²) in [7, 11) is 0. The maximum atomic E-state index is 5.58. The van der Waals surface area contributed by atoms with Gasteiger partial charge in [-0.2, -0.15) is 0 Å². The second-order valence-corrected chi connectivity index (χ2v) is 4.19. The van der Waals surface area contributed by atoms with Crippen LogP contribution in [0.3, 0.4) is 0 Å². The van der Waals surface area contributed by atoms with Crippen molar-refractivity contribution in [3.8, 4) is 0 Å². The van der Waals surface area contributed by atoms with Gasteiger partial charge in [0.2, 0.25) is 6.79 Å². The SMILES string of the molecule is c1ccc(CC2=C(c3ccccc3)OCO2)cc1. The smallest absolute Gasteiger partial charge is 0.230 e. The Balaban J connectivity index is 1.90. The minimum atomic E-state index is 0.312. The molecule has 2 heteroatoms. The van der Waals surface area contributed by atoms with Crippen LogP contribution in [-0.2, 0) is 15.9 Å². The Labute approximate surface area is 106 Å². The molecule has 0 spiro atoms. The number of allylic oxidation sites excluding steroid dienone is 1. The van der Waals surface area contributed by atoms with Gasteiger partial charge in [-0.15, -0.1) is 0 Å². The van der Waals surface area contributed by atoms with Gasteiger partial charge in [-0.3, -0.25) is 0 Å². The van der Waals surface area contributed by atoms with Crippen LogP contribution in [0.4, 0.5) is 0 Å². The molecular weight excluding hydrogens is 224 g/mol. The van der Waals surface area contributed by atoms with Crippen LogP contribution >= 0.6 is 0 Å². The van der Waals surface area contributed by atoms with E-state index in [4.69, 9.17) is 9.47 Å². The molecule has 2 aromatic rings. The lowest BCUT2D eigenvalue weighted by molar-refractivity contribution is 0.0857. The van der Waals surface area contributed by atoms with Crippen molar-refractivity contribution >= 4 is 5.76 Å². The summed E-state index contributed by atoms with van der Waals surface area (Å²) < 4.78 is 11.2. The largest absolute Gasteiger partial charge is 0.458 e. The Kier molecular flexibility index (Phi) is 3.01. The fourth-order valence-corrected chi connectivity index (χ4v) is 2.05. The molecule has 2 nitrogen and oxygen atoms in total. The third-order valence-corrected chi connectivity index (χ3v) is 2.93. The lowest BCUT2D eigenvalue weighted by Gasteiger charge is -2.04. The Morgan fingerprint density at radius 1 is 0.778 bits per heavy atom. The molecule has 3 rings (SSSR count). The summed E-state index contributed by atoms with van der Waals surface area (Å²) in [5, 5.41) is 0. The molecule has 0 N–H and O–H groups in total. The molecule has 0 bridgehead atoms. The molecule has 90 valence electrons. The maximum absolute atomic E-state index is 5.58. The molecule has 2 aromatic carbocycles. The fraction of sp³-hybridized carbons (Fsp3) is 0.125. The van der Waals surface area contributed by atoms with Crippen LogP contribution in [0.2, 0.25) is 0 Å². The van der Waals surface area contributed by atoms with Crippen LogP contribution in [-0.4, -0.2) is 6.79 Å². The van der Waals surface area contributed by atoms with Crippen LogP contribution in [0.1, 0.15) is 11.1 Å². The van der Waals surface area contributed by atoms with Crippen molar-refractivity contribution in [3.05, 3.63) is 77.5 Å². The Bertz CT molecular complexity index is 544. The molecule has 0 aromatic heterocycles. The van der Waals surface area contributed by atoms with Gasteiger partial charge in [0.25, 0.3) is 0 Å². The van der Waals surface area contributed by atoms with E-state index < -0.39 is 0 Å². The molecule has 1 aliphatic heterocycles. The lowest BCUT2D eigenvalue weighted by Crippen LogP contribution is -1.93. The lowest BCUT2D eigenvalue weighted by atomic mass is 10.1. The summed E-state index contributed by atoms with van der Waals surface area (Å²) in [6.07, 6.45) is 0.769. The monoisotopic (exact) mass is 238 g/mol. The summed E-state index contributed by atoms with van der Waals surface area (Å²) in [4.78, 5) is 0. The molecule has 0 saturated heterocycles. The standard InChI is InChI=1S/C16H14O2/c1-3-7-13(8-4-1)11-15-16(18-12-17-15)14-9-5-2-6-10-14/h1-10H,11-12H2. The van der Waals surface area contributed by atoms with Gasteiger partial charge in [-0.1, -0.05) is 60.7 Å². The van der Waals surface area contributed by atoms with Crippen molar-refractivity contribution in [2.24, 2.45) is 0 Å². The number of hydrogen-bond donors (Lipinski definition) is 0. The van der Waals surface area contributed by atoms with E-state index >= 15 is 0 Å². The number of ether oxygens (including phenoxy) is 2. The summed E-state index contributed by atoms with van der Waals surface area (Å²) >= 11 is 0. The van der Waals surface area contributed by atoms with Crippen LogP contribution in [0.25, 0.3) is 5.76 Å². The molecular formula is C16H14O2. The minimum Gasteiger partial charge on any atom is -0.458 e. The normalized spacial score (nSPS) is 14.2. The van der Waals surface area contributed by atoms with Gasteiger partial charge in [0.05, 0.1) is 0 Å². The third-order valence-electron chi connectivity index (χ3n) is 2.93. The topological polar surface area (TPSA) is 18.5 Å². The zero-order chi connectivity index (χ0) is 12.2. The first-order chi connectivity index (χ1) is 8.93. The molecule has 18 heavy (non-hydrogen) atoms. The van der Waals surface area contributed by atoms with Gasteiger partial charge in [0.15, 0.2) is 5.76 Å². The quantitative estimate of drug-likeness (QED) is 0.813. The van der Waals surface area contributed by atoms with Gasteiger partial charge in [0.1, 0.15) is 5.76 Å². The summed E-state index contributed by atoms with van der Waals surface area (Å²) in [6, 6.07) is 20.4. The zero-order valence-corrected chi connectivity index (χ0v) is 10.0. The van der Waals surface area contributed by atoms with Gasteiger partial charge in [-0.25, -0.2) is 0 Å². The van der Waals surface area contributed by atoms with Crippen LogP contribution in [0.5, 0.6) is 0 Å². The first-order valence-electron chi connectivity index (χ1n) is 6.01. The average Bonchev–Trinajstić information content (AvgIpc) is 2.89. The molecule has 0 unspecified atom stereocenters. The van der Waals surface area contributed by atoms with Crippen LogP contribution in [0, 0.1) is 0 Å². The maximum Gasteiger partial charge on any atom is 0.230 e. The third kappa shape index (κ3) is 2.23. The van der Waals surface area contributed by atoms with Crippen molar-refractivity contribution in [1.82, 2.24) is 0 Å². The van der Waals surface area contributed by atoms with Gasteiger partial charge in [-0.05, 0) is 5.56 Å². The zero-order valence-electron chi connectivity index (χ0n) is 10.0. The number of rotatable bonds is 3.